The topological polar surface area (TPSA) is 52.3 Å². The van der Waals surface area contributed by atoms with E-state index in [0.29, 0.717) is 23.6 Å². The molecule has 104 valence electrons. The van der Waals surface area contributed by atoms with E-state index in [2.05, 4.69) is 0 Å². The predicted molar refractivity (Wildman–Crippen MR) is 76.6 cm³/mol. The van der Waals surface area contributed by atoms with E-state index in [1.54, 1.807) is 12.1 Å². The standard InChI is InChI=1S/C16H16FNO2/c1-3-20-15-7-4-10(2)8-13(15)16(19)12-9-11(18)5-6-14(12)17/h4-9H,3,18H2,1-2H3. The lowest BCUT2D eigenvalue weighted by Crippen LogP contribution is -2.08. The number of benzene rings is 2. The van der Waals surface area contributed by atoms with Crippen molar-refractivity contribution in [2.75, 3.05) is 12.3 Å². The predicted octanol–water partition coefficient (Wildman–Crippen LogP) is 3.35. The highest BCUT2D eigenvalue weighted by atomic mass is 19.1. The van der Waals surface area contributed by atoms with Gasteiger partial charge in [0.15, 0.2) is 5.78 Å². The molecule has 0 aliphatic carbocycles. The lowest BCUT2D eigenvalue weighted by molar-refractivity contribution is 0.103. The number of hydrogen-bond donors (Lipinski definition) is 1. The highest BCUT2D eigenvalue weighted by Gasteiger charge is 2.18. The number of hydrogen-bond acceptors (Lipinski definition) is 3. The molecule has 20 heavy (non-hydrogen) atoms. The molecule has 2 aromatic carbocycles. The molecule has 0 radical (unpaired) electrons. The molecular formula is C16H16FNO2. The van der Waals surface area contributed by atoms with Crippen LogP contribution in [0.5, 0.6) is 5.75 Å². The lowest BCUT2D eigenvalue weighted by Gasteiger charge is -2.11. The fourth-order valence-corrected chi connectivity index (χ4v) is 1.96. The molecule has 3 nitrogen and oxygen atoms in total. The number of nitrogens with two attached hydrogens (primary N) is 1. The largest absolute Gasteiger partial charge is 0.493 e. The zero-order valence-corrected chi connectivity index (χ0v) is 11.4. The molecule has 0 heterocycles. The number of nitrogen functional groups attached to an aromatic ring is 1. The summed E-state index contributed by atoms with van der Waals surface area (Å²) in [4.78, 5) is 12.5. The van der Waals surface area contributed by atoms with Gasteiger partial charge in [0.25, 0.3) is 0 Å². The van der Waals surface area contributed by atoms with E-state index >= 15 is 0 Å². The molecule has 0 spiro atoms. The van der Waals surface area contributed by atoms with Crippen LogP contribution in [0.2, 0.25) is 0 Å². The summed E-state index contributed by atoms with van der Waals surface area (Å²) < 4.78 is 19.2. The summed E-state index contributed by atoms with van der Waals surface area (Å²) in [7, 11) is 0. The summed E-state index contributed by atoms with van der Waals surface area (Å²) in [6.45, 7) is 4.13. The van der Waals surface area contributed by atoms with Gasteiger partial charge in [-0.2, -0.15) is 0 Å². The van der Waals surface area contributed by atoms with Crippen LogP contribution in [0.25, 0.3) is 0 Å². The van der Waals surface area contributed by atoms with E-state index < -0.39 is 11.6 Å². The molecule has 4 heteroatoms. The second-order valence-electron chi connectivity index (χ2n) is 4.50. The van der Waals surface area contributed by atoms with Gasteiger partial charge in [0, 0.05) is 5.69 Å². The van der Waals surface area contributed by atoms with Gasteiger partial charge < -0.3 is 10.5 Å². The van der Waals surface area contributed by atoms with Crippen LogP contribution < -0.4 is 10.5 Å². The number of ether oxygens (including phenoxy) is 1. The van der Waals surface area contributed by atoms with Crippen molar-refractivity contribution in [1.29, 1.82) is 0 Å². The Balaban J connectivity index is 2.52. The van der Waals surface area contributed by atoms with Gasteiger partial charge in [0.05, 0.1) is 17.7 Å². The summed E-state index contributed by atoms with van der Waals surface area (Å²) in [6, 6.07) is 9.21. The average molecular weight is 273 g/mol. The third-order valence-corrected chi connectivity index (χ3v) is 2.91. The van der Waals surface area contributed by atoms with Crippen molar-refractivity contribution in [2.24, 2.45) is 0 Å². The van der Waals surface area contributed by atoms with Crippen molar-refractivity contribution in [3.8, 4) is 5.75 Å². The van der Waals surface area contributed by atoms with Crippen LogP contribution in [0, 0.1) is 12.7 Å². The first-order valence-electron chi connectivity index (χ1n) is 6.36. The van der Waals surface area contributed by atoms with Crippen molar-refractivity contribution in [3.63, 3.8) is 0 Å². The molecule has 0 saturated heterocycles. The SMILES string of the molecule is CCOc1ccc(C)cc1C(=O)c1cc(N)ccc1F. The minimum Gasteiger partial charge on any atom is -0.493 e. The Hall–Kier alpha value is -2.36. The summed E-state index contributed by atoms with van der Waals surface area (Å²) in [5, 5.41) is 0. The third-order valence-electron chi connectivity index (χ3n) is 2.91. The number of carbonyl (C=O) groups is 1. The van der Waals surface area contributed by atoms with Gasteiger partial charge >= 0.3 is 0 Å². The molecule has 0 amide bonds. The highest BCUT2D eigenvalue weighted by Crippen LogP contribution is 2.25. The van der Waals surface area contributed by atoms with Crippen molar-refractivity contribution in [1.82, 2.24) is 0 Å². The molecule has 0 atom stereocenters. The Morgan fingerprint density at radius 1 is 1.20 bits per heavy atom. The fraction of sp³-hybridized carbons (Fsp3) is 0.188. The van der Waals surface area contributed by atoms with Gasteiger partial charge in [-0.05, 0) is 44.2 Å². The van der Waals surface area contributed by atoms with Crippen LogP contribution in [0.4, 0.5) is 10.1 Å². The van der Waals surface area contributed by atoms with E-state index in [0.717, 1.165) is 5.56 Å². The van der Waals surface area contributed by atoms with E-state index in [1.807, 2.05) is 19.9 Å². The molecular weight excluding hydrogens is 257 g/mol. The van der Waals surface area contributed by atoms with Crippen LogP contribution in [0.1, 0.15) is 28.4 Å². The number of rotatable bonds is 4. The highest BCUT2D eigenvalue weighted by molar-refractivity contribution is 6.11. The molecule has 2 N–H and O–H groups in total. The molecule has 0 aliphatic rings. The molecule has 0 saturated carbocycles. The Morgan fingerprint density at radius 2 is 1.95 bits per heavy atom. The maximum atomic E-state index is 13.8. The summed E-state index contributed by atoms with van der Waals surface area (Å²) in [5.74, 6) is -0.569. The molecule has 2 aromatic rings. The summed E-state index contributed by atoms with van der Waals surface area (Å²) in [6.07, 6.45) is 0. The van der Waals surface area contributed by atoms with Crippen LogP contribution >= 0.6 is 0 Å². The number of aryl methyl sites for hydroxylation is 1. The molecule has 0 fully saturated rings. The zero-order chi connectivity index (χ0) is 14.7. The third kappa shape index (κ3) is 2.79. The molecule has 0 bridgehead atoms. The van der Waals surface area contributed by atoms with Crippen molar-refractivity contribution >= 4 is 11.5 Å². The normalized spacial score (nSPS) is 10.3. The molecule has 2 rings (SSSR count). The van der Waals surface area contributed by atoms with Gasteiger partial charge in [-0.15, -0.1) is 0 Å². The van der Waals surface area contributed by atoms with Crippen molar-refractivity contribution in [3.05, 3.63) is 58.9 Å². The van der Waals surface area contributed by atoms with Crippen LogP contribution in [-0.2, 0) is 0 Å². The van der Waals surface area contributed by atoms with E-state index in [4.69, 9.17) is 10.5 Å². The Labute approximate surface area is 117 Å². The summed E-state index contributed by atoms with van der Waals surface area (Å²) in [5.41, 5.74) is 7.17. The second-order valence-corrected chi connectivity index (χ2v) is 4.50. The van der Waals surface area contributed by atoms with E-state index in [-0.39, 0.29) is 5.56 Å². The second kappa shape index (κ2) is 5.74. The number of carbonyl (C=O) groups excluding carboxylic acids is 1. The van der Waals surface area contributed by atoms with Crippen LogP contribution in [-0.4, -0.2) is 12.4 Å². The molecule has 0 aliphatic heterocycles. The Morgan fingerprint density at radius 3 is 2.65 bits per heavy atom. The Bertz CT molecular complexity index is 653. The van der Waals surface area contributed by atoms with Gasteiger partial charge in [-0.3, -0.25) is 4.79 Å². The first-order valence-corrected chi connectivity index (χ1v) is 6.36. The maximum Gasteiger partial charge on any atom is 0.199 e. The first kappa shape index (κ1) is 14.1. The van der Waals surface area contributed by atoms with Crippen LogP contribution in [0.15, 0.2) is 36.4 Å². The quantitative estimate of drug-likeness (QED) is 0.686. The van der Waals surface area contributed by atoms with Gasteiger partial charge in [-0.1, -0.05) is 11.6 Å². The smallest absolute Gasteiger partial charge is 0.199 e. The monoisotopic (exact) mass is 273 g/mol. The van der Waals surface area contributed by atoms with Gasteiger partial charge in [0.2, 0.25) is 0 Å². The number of anilines is 1. The van der Waals surface area contributed by atoms with Crippen molar-refractivity contribution in [2.45, 2.75) is 13.8 Å². The lowest BCUT2D eigenvalue weighted by atomic mass is 9.99. The minimum atomic E-state index is -0.590. The molecule has 0 aromatic heterocycles. The number of ketones is 1. The van der Waals surface area contributed by atoms with Gasteiger partial charge in [-0.25, -0.2) is 4.39 Å². The van der Waals surface area contributed by atoms with E-state index in [9.17, 15) is 9.18 Å². The average Bonchev–Trinajstić information content (AvgIpc) is 2.43. The number of halogens is 1. The van der Waals surface area contributed by atoms with E-state index in [1.165, 1.54) is 18.2 Å². The zero-order valence-electron chi connectivity index (χ0n) is 11.4. The fourth-order valence-electron chi connectivity index (χ4n) is 1.96. The van der Waals surface area contributed by atoms with Crippen LogP contribution in [0.3, 0.4) is 0 Å². The molecule has 0 unspecified atom stereocenters. The maximum absolute atomic E-state index is 13.8. The summed E-state index contributed by atoms with van der Waals surface area (Å²) >= 11 is 0. The van der Waals surface area contributed by atoms with Crippen molar-refractivity contribution < 1.29 is 13.9 Å². The first-order chi connectivity index (χ1) is 9.52. The minimum absolute atomic E-state index is 0.0449. The Kier molecular flexibility index (Phi) is 4.03. The van der Waals surface area contributed by atoms with Gasteiger partial charge in [0.1, 0.15) is 11.6 Å².